The number of likely N-dealkylation sites (N-methyl/N-ethyl adjacent to an activating group) is 1. The summed E-state index contributed by atoms with van der Waals surface area (Å²) < 4.78 is 24.6. The number of aliphatic carboxylic acids is 1. The largest absolute Gasteiger partial charge is 0.493 e. The van der Waals surface area contributed by atoms with E-state index in [9.17, 15) is 19.5 Å². The molecule has 7 rings (SSSR count). The lowest BCUT2D eigenvalue weighted by Crippen LogP contribution is -2.27. The van der Waals surface area contributed by atoms with E-state index in [1.165, 1.54) is 17.7 Å². The fourth-order valence-corrected chi connectivity index (χ4v) is 7.75. The third kappa shape index (κ3) is 6.26. The Morgan fingerprint density at radius 1 is 1.08 bits per heavy atom. The molecule has 4 heterocycles. The number of nitrogens with zero attached hydrogens (tertiary/aromatic N) is 5. The molecule has 1 unspecified atom stereocenters. The van der Waals surface area contributed by atoms with Crippen LogP contribution in [0, 0.1) is 11.7 Å². The molecule has 0 spiro atoms. The first-order chi connectivity index (χ1) is 24.5. The second-order valence-electron chi connectivity index (χ2n) is 13.0. The van der Waals surface area contributed by atoms with E-state index in [4.69, 9.17) is 27.9 Å². The molecule has 0 radical (unpaired) electrons. The molecule has 14 heteroatoms. The van der Waals surface area contributed by atoms with Crippen LogP contribution in [0.15, 0.2) is 54.7 Å². The number of hydrogen-bond acceptors (Lipinski definition) is 7. The minimum absolute atomic E-state index is 0.0904. The number of ether oxygens (including phenoxy) is 1. The van der Waals surface area contributed by atoms with Gasteiger partial charge >= 0.3 is 5.97 Å². The van der Waals surface area contributed by atoms with Gasteiger partial charge in [0, 0.05) is 68.1 Å². The summed E-state index contributed by atoms with van der Waals surface area (Å²) in [5, 5.41) is 13.2. The van der Waals surface area contributed by atoms with E-state index in [0.717, 1.165) is 24.4 Å². The Morgan fingerprint density at radius 2 is 1.84 bits per heavy atom. The van der Waals surface area contributed by atoms with Crippen molar-refractivity contribution in [1.82, 2.24) is 23.9 Å². The lowest BCUT2D eigenvalue weighted by Gasteiger charge is -2.21. The zero-order chi connectivity index (χ0) is 36.1. The van der Waals surface area contributed by atoms with E-state index in [-0.39, 0.29) is 28.8 Å². The number of hydrogen-bond donors (Lipinski definition) is 2. The number of fused-ring (bicyclic) bond motifs is 2. The zero-order valence-corrected chi connectivity index (χ0v) is 29.7. The molecule has 264 valence electrons. The van der Waals surface area contributed by atoms with E-state index >= 15 is 4.39 Å². The highest BCUT2D eigenvalue weighted by atomic mass is 35.5. The average Bonchev–Trinajstić information content (AvgIpc) is 3.83. The number of carbonyl (C=O) groups excluding carboxylic acids is 2. The van der Waals surface area contributed by atoms with Crippen molar-refractivity contribution in [2.24, 2.45) is 13.0 Å². The molecule has 0 bridgehead atoms. The van der Waals surface area contributed by atoms with Gasteiger partial charge in [-0.15, -0.1) is 0 Å². The molecule has 1 atom stereocenters. The number of nitrogens with one attached hydrogen (secondary N) is 1. The summed E-state index contributed by atoms with van der Waals surface area (Å²) in [6.07, 6.45) is 2.84. The number of anilines is 1. The summed E-state index contributed by atoms with van der Waals surface area (Å²) in [5.41, 5.74) is 4.19. The molecule has 51 heavy (non-hydrogen) atoms. The fraction of sp³-hybridized carbons (Fsp3) is 0.297. The highest BCUT2D eigenvalue weighted by Gasteiger charge is 2.31. The fourth-order valence-electron chi connectivity index (χ4n) is 7.18. The summed E-state index contributed by atoms with van der Waals surface area (Å²) in [4.78, 5) is 47.5. The number of carbonyl (C=O) groups is 3. The van der Waals surface area contributed by atoms with Crippen LogP contribution in [0.25, 0.3) is 22.0 Å². The first-order valence-corrected chi connectivity index (χ1v) is 17.2. The second-order valence-corrected chi connectivity index (χ2v) is 13.8. The van der Waals surface area contributed by atoms with Crippen LogP contribution >= 0.6 is 23.2 Å². The molecular weight excluding hydrogens is 698 g/mol. The monoisotopic (exact) mass is 732 g/mol. The predicted molar refractivity (Wildman–Crippen MR) is 192 cm³/mol. The standard InChI is InChI=1S/C37H35Cl2FN6O5/c1-43-13-12-29-27(19-43)41-34(44(29)2)35(47)42-26-8-4-7-24(31(26)39)22-6-5-9-28-23(22)11-15-46(28)36(48)30-25(38)16-21(33(51-3)32(30)40)18-45-14-10-20(17-45)37(49)50/h4-9,11,15-16,20H,10,12-14,17-19H2,1-3H3,(H,42,47)(H,49,50). The number of carboxylic acid groups (broad SMARTS) is 1. The van der Waals surface area contributed by atoms with E-state index in [1.807, 2.05) is 35.7 Å². The molecule has 2 N–H and O–H groups in total. The summed E-state index contributed by atoms with van der Waals surface area (Å²) in [6.45, 7) is 2.63. The molecule has 3 aromatic carbocycles. The first kappa shape index (κ1) is 34.7. The molecule has 0 aliphatic carbocycles. The minimum Gasteiger partial charge on any atom is -0.493 e. The SMILES string of the molecule is COc1c(CN2CCC(C(=O)O)C2)cc(Cl)c(C(=O)n2ccc3c(-c4cccc(NC(=O)c5nc6c(n5C)CCN(C)C6)c4Cl)cccc32)c1F. The summed E-state index contributed by atoms with van der Waals surface area (Å²) in [5.74, 6) is -3.17. The lowest BCUT2D eigenvalue weighted by molar-refractivity contribution is -0.141. The van der Waals surface area contributed by atoms with Crippen molar-refractivity contribution >= 4 is 57.6 Å². The van der Waals surface area contributed by atoms with Crippen LogP contribution in [0.3, 0.4) is 0 Å². The van der Waals surface area contributed by atoms with Gasteiger partial charge < -0.3 is 24.6 Å². The van der Waals surface area contributed by atoms with Gasteiger partial charge in [0.05, 0.1) is 45.5 Å². The Balaban J connectivity index is 1.18. The number of imidazole rings is 1. The van der Waals surface area contributed by atoms with Gasteiger partial charge in [0.25, 0.3) is 11.8 Å². The number of benzene rings is 3. The highest BCUT2D eigenvalue weighted by molar-refractivity contribution is 6.37. The van der Waals surface area contributed by atoms with Crippen molar-refractivity contribution < 1.29 is 28.6 Å². The number of aromatic nitrogens is 3. The maximum Gasteiger partial charge on any atom is 0.307 e. The maximum absolute atomic E-state index is 16.1. The van der Waals surface area contributed by atoms with E-state index in [0.29, 0.717) is 70.2 Å². The van der Waals surface area contributed by atoms with Crippen LogP contribution in [0.2, 0.25) is 10.0 Å². The summed E-state index contributed by atoms with van der Waals surface area (Å²) >= 11 is 13.5. The molecule has 2 aromatic heterocycles. The summed E-state index contributed by atoms with van der Waals surface area (Å²) in [7, 11) is 5.17. The summed E-state index contributed by atoms with van der Waals surface area (Å²) in [6, 6.07) is 13.9. The van der Waals surface area contributed by atoms with Crippen LogP contribution in [-0.2, 0) is 31.4 Å². The van der Waals surface area contributed by atoms with E-state index in [2.05, 4.69) is 15.2 Å². The number of methoxy groups -OCH3 is 1. The second kappa shape index (κ2) is 13.8. The van der Waals surface area contributed by atoms with Crippen LogP contribution in [0.4, 0.5) is 10.1 Å². The van der Waals surface area contributed by atoms with Crippen molar-refractivity contribution in [3.05, 3.63) is 98.9 Å². The van der Waals surface area contributed by atoms with Crippen LogP contribution in [-0.4, -0.2) is 80.6 Å². The molecule has 0 saturated carbocycles. The van der Waals surface area contributed by atoms with Crippen LogP contribution in [0.1, 0.15) is 44.3 Å². The molecule has 1 fully saturated rings. The first-order valence-electron chi connectivity index (χ1n) is 16.4. The van der Waals surface area contributed by atoms with Gasteiger partial charge in [0.1, 0.15) is 0 Å². The van der Waals surface area contributed by atoms with Gasteiger partial charge in [-0.05, 0) is 49.8 Å². The highest BCUT2D eigenvalue weighted by Crippen LogP contribution is 2.39. The van der Waals surface area contributed by atoms with Crippen molar-refractivity contribution in [3.63, 3.8) is 0 Å². The third-order valence-corrected chi connectivity index (χ3v) is 10.5. The molecule has 5 aromatic rings. The van der Waals surface area contributed by atoms with Gasteiger partial charge in [-0.1, -0.05) is 47.5 Å². The number of halogens is 3. The van der Waals surface area contributed by atoms with Gasteiger partial charge in [-0.3, -0.25) is 23.9 Å². The topological polar surface area (TPSA) is 122 Å². The number of likely N-dealkylation sites (tertiary alicyclic amines) is 1. The average molecular weight is 734 g/mol. The molecule has 1 amide bonds. The Hall–Kier alpha value is -4.75. The normalized spacial score (nSPS) is 16.4. The van der Waals surface area contributed by atoms with Gasteiger partial charge in [-0.25, -0.2) is 9.37 Å². The van der Waals surface area contributed by atoms with Gasteiger partial charge in [0.15, 0.2) is 17.4 Å². The quantitative estimate of drug-likeness (QED) is 0.190. The van der Waals surface area contributed by atoms with Crippen molar-refractivity contribution in [2.45, 2.75) is 25.9 Å². The van der Waals surface area contributed by atoms with Crippen molar-refractivity contribution in [2.75, 3.05) is 39.1 Å². The van der Waals surface area contributed by atoms with E-state index in [1.54, 1.807) is 36.5 Å². The smallest absolute Gasteiger partial charge is 0.307 e. The molecule has 2 aliphatic rings. The van der Waals surface area contributed by atoms with Crippen LogP contribution in [0.5, 0.6) is 5.75 Å². The van der Waals surface area contributed by atoms with Crippen LogP contribution < -0.4 is 10.1 Å². The van der Waals surface area contributed by atoms with Gasteiger partial charge in [-0.2, -0.15) is 0 Å². The van der Waals surface area contributed by atoms with E-state index < -0.39 is 23.6 Å². The van der Waals surface area contributed by atoms with Crippen molar-refractivity contribution in [3.8, 4) is 16.9 Å². The number of amides is 1. The Morgan fingerprint density at radius 3 is 2.59 bits per heavy atom. The molecule has 1 saturated heterocycles. The number of carboxylic acids is 1. The zero-order valence-electron chi connectivity index (χ0n) is 28.2. The Labute approximate surface area is 303 Å². The van der Waals surface area contributed by atoms with Crippen molar-refractivity contribution in [1.29, 1.82) is 0 Å². The molecular formula is C37H35Cl2FN6O5. The third-order valence-electron chi connectivity index (χ3n) is 9.82. The lowest BCUT2D eigenvalue weighted by atomic mass is 10.0. The Bertz CT molecular complexity index is 2230. The van der Waals surface area contributed by atoms with Gasteiger partial charge in [0.2, 0.25) is 0 Å². The molecule has 11 nitrogen and oxygen atoms in total. The minimum atomic E-state index is -0.899. The molecule has 2 aliphatic heterocycles. The number of rotatable bonds is 8. The Kier molecular flexibility index (Phi) is 9.36. The maximum atomic E-state index is 16.1. The predicted octanol–water partition coefficient (Wildman–Crippen LogP) is 6.33.